The van der Waals surface area contributed by atoms with E-state index in [1.807, 2.05) is 0 Å². The number of carbonyl (C=O) groups excluding carboxylic acids is 2. The third-order valence-corrected chi connectivity index (χ3v) is 7.97. The predicted octanol–water partition coefficient (Wildman–Crippen LogP) is 4.01. The van der Waals surface area contributed by atoms with E-state index in [2.05, 4.69) is 36.2 Å². The van der Waals surface area contributed by atoms with Crippen molar-refractivity contribution in [2.45, 2.75) is 43.6 Å². The zero-order chi connectivity index (χ0) is 31.1. The molecule has 12 nitrogen and oxygen atoms in total. The Balaban J connectivity index is 1.50. The minimum absolute atomic E-state index is 0.0470. The number of anilines is 1. The van der Waals surface area contributed by atoms with Crippen molar-refractivity contribution in [2.75, 3.05) is 11.9 Å². The summed E-state index contributed by atoms with van der Waals surface area (Å²) in [7, 11) is 0. The normalized spacial score (nSPS) is 15.8. The number of pyridine rings is 1. The zero-order valence-corrected chi connectivity index (χ0v) is 25.1. The van der Waals surface area contributed by atoms with Crippen molar-refractivity contribution in [3.8, 4) is 5.82 Å². The first kappa shape index (κ1) is 30.7. The second-order valence-electron chi connectivity index (χ2n) is 10.2. The summed E-state index contributed by atoms with van der Waals surface area (Å²) in [6, 6.07) is 7.86. The number of nitrogens with one attached hydrogen (secondary N) is 2. The molecule has 0 spiro atoms. The molecule has 1 aromatic carbocycles. The maximum absolute atomic E-state index is 14.0. The van der Waals surface area contributed by atoms with Crippen molar-refractivity contribution in [1.82, 2.24) is 40.3 Å². The molecular formula is C26H25Cl3F2N10O2. The molecule has 1 saturated carbocycles. The van der Waals surface area contributed by atoms with Gasteiger partial charge in [0.05, 0.1) is 28.5 Å². The van der Waals surface area contributed by atoms with Crippen molar-refractivity contribution in [1.29, 1.82) is 0 Å². The van der Waals surface area contributed by atoms with E-state index < -0.39 is 27.9 Å². The minimum atomic E-state index is -3.32. The standard InChI is InChI=1S/C26H25Cl3F2N10O2/c1-13-6-14(10-32)7-17(22(42)34-11-15-9-26(15,28)29)20(13)35-23(43)19-8-16(12-40-24(25(2,30)31)36-38-39-40)37-41(19)21-18(27)4-3-5-33-21/h3-8,15H,9-12,32H2,1-2H3,(H,34,42)(H,35,43). The number of hydrogen-bond acceptors (Lipinski definition) is 8. The maximum atomic E-state index is 14.0. The highest BCUT2D eigenvalue weighted by Gasteiger charge is 2.51. The molecule has 1 aliphatic rings. The van der Waals surface area contributed by atoms with Gasteiger partial charge in [0.15, 0.2) is 5.82 Å². The Morgan fingerprint density at radius 1 is 1.23 bits per heavy atom. The molecular weight excluding hydrogens is 629 g/mol. The quantitative estimate of drug-likeness (QED) is 0.217. The van der Waals surface area contributed by atoms with E-state index in [9.17, 15) is 18.4 Å². The number of alkyl halides is 4. The molecule has 4 N–H and O–H groups in total. The summed E-state index contributed by atoms with van der Waals surface area (Å²) in [4.78, 5) is 31.3. The smallest absolute Gasteiger partial charge is 0.305 e. The van der Waals surface area contributed by atoms with Gasteiger partial charge in [-0.2, -0.15) is 13.9 Å². The van der Waals surface area contributed by atoms with Crippen molar-refractivity contribution in [2.24, 2.45) is 11.7 Å². The summed E-state index contributed by atoms with van der Waals surface area (Å²) in [6.45, 7) is 2.51. The zero-order valence-electron chi connectivity index (χ0n) is 22.8. The molecule has 1 fully saturated rings. The second-order valence-corrected chi connectivity index (χ2v) is 12.1. The summed E-state index contributed by atoms with van der Waals surface area (Å²) in [5.41, 5.74) is 7.61. The largest absolute Gasteiger partial charge is 0.352 e. The van der Waals surface area contributed by atoms with Gasteiger partial charge in [0.2, 0.25) is 5.82 Å². The molecule has 1 unspecified atom stereocenters. The van der Waals surface area contributed by atoms with E-state index in [-0.39, 0.29) is 59.0 Å². The van der Waals surface area contributed by atoms with Crippen LogP contribution >= 0.6 is 34.8 Å². The maximum Gasteiger partial charge on any atom is 0.305 e. The van der Waals surface area contributed by atoms with Gasteiger partial charge in [-0.3, -0.25) is 9.59 Å². The molecule has 0 aliphatic heterocycles. The third kappa shape index (κ3) is 6.61. The van der Waals surface area contributed by atoms with Crippen LogP contribution in [-0.2, 0) is 19.0 Å². The molecule has 43 heavy (non-hydrogen) atoms. The van der Waals surface area contributed by atoms with Crippen molar-refractivity contribution in [3.05, 3.63) is 75.5 Å². The SMILES string of the molecule is Cc1cc(CN)cc(C(=O)NCC2CC2(Cl)Cl)c1NC(=O)c1cc(Cn2nnnc2C(C)(F)F)nn1-c1ncccc1Cl. The number of nitrogens with two attached hydrogens (primary N) is 1. The number of aromatic nitrogens is 7. The summed E-state index contributed by atoms with van der Waals surface area (Å²) in [6.07, 6.45) is 2.00. The molecule has 0 bridgehead atoms. The van der Waals surface area contributed by atoms with Crippen molar-refractivity contribution >= 4 is 52.3 Å². The average molecular weight is 654 g/mol. The van der Waals surface area contributed by atoms with Crippen LogP contribution in [0.1, 0.15) is 56.8 Å². The van der Waals surface area contributed by atoms with Crippen molar-refractivity contribution < 1.29 is 18.4 Å². The number of tetrazole rings is 1. The summed E-state index contributed by atoms with van der Waals surface area (Å²) >= 11 is 18.6. The van der Waals surface area contributed by atoms with E-state index in [0.717, 1.165) is 4.68 Å². The van der Waals surface area contributed by atoms with Gasteiger partial charge >= 0.3 is 5.92 Å². The Kier molecular flexibility index (Phi) is 8.40. The number of halogens is 5. The highest BCUT2D eigenvalue weighted by atomic mass is 35.5. The van der Waals surface area contributed by atoms with Crippen LogP contribution < -0.4 is 16.4 Å². The molecule has 2 amide bonds. The lowest BCUT2D eigenvalue weighted by Crippen LogP contribution is -2.29. The average Bonchev–Trinajstić information content (AvgIpc) is 3.28. The van der Waals surface area contributed by atoms with Crippen LogP contribution in [0.5, 0.6) is 0 Å². The van der Waals surface area contributed by atoms with Gasteiger partial charge < -0.3 is 16.4 Å². The first-order valence-electron chi connectivity index (χ1n) is 12.9. The van der Waals surface area contributed by atoms with Crippen LogP contribution in [0.4, 0.5) is 14.5 Å². The topological polar surface area (TPSA) is 159 Å². The lowest BCUT2D eigenvalue weighted by molar-refractivity contribution is 0.00317. The molecule has 1 atom stereocenters. The molecule has 3 heterocycles. The minimum Gasteiger partial charge on any atom is -0.352 e. The van der Waals surface area contributed by atoms with Crippen LogP contribution in [0, 0.1) is 12.8 Å². The van der Waals surface area contributed by atoms with Gasteiger partial charge in [-0.25, -0.2) is 14.3 Å². The Morgan fingerprint density at radius 3 is 2.63 bits per heavy atom. The van der Waals surface area contributed by atoms with Crippen LogP contribution in [-0.4, -0.2) is 57.7 Å². The highest BCUT2D eigenvalue weighted by Crippen LogP contribution is 2.52. The van der Waals surface area contributed by atoms with Gasteiger partial charge in [0, 0.05) is 32.1 Å². The van der Waals surface area contributed by atoms with E-state index in [1.165, 1.54) is 16.9 Å². The van der Waals surface area contributed by atoms with Gasteiger partial charge in [0.1, 0.15) is 10.0 Å². The Bertz CT molecular complexity index is 1700. The van der Waals surface area contributed by atoms with Gasteiger partial charge in [-0.05, 0) is 59.2 Å². The third-order valence-electron chi connectivity index (χ3n) is 6.75. The molecule has 1 aliphatic carbocycles. The number of aryl methyl sites for hydroxylation is 1. The fourth-order valence-electron chi connectivity index (χ4n) is 4.45. The lowest BCUT2D eigenvalue weighted by atomic mass is 10.0. The highest BCUT2D eigenvalue weighted by molar-refractivity contribution is 6.50. The fraction of sp³-hybridized carbons (Fsp3) is 0.346. The van der Waals surface area contributed by atoms with Crippen molar-refractivity contribution in [3.63, 3.8) is 0 Å². The van der Waals surface area contributed by atoms with E-state index in [0.29, 0.717) is 24.5 Å². The molecule has 5 rings (SSSR count). The molecule has 4 aromatic rings. The Hall–Kier alpha value is -3.72. The number of benzene rings is 1. The van der Waals surface area contributed by atoms with Crippen LogP contribution in [0.3, 0.4) is 0 Å². The number of carbonyl (C=O) groups is 2. The molecule has 0 radical (unpaired) electrons. The second kappa shape index (κ2) is 11.8. The van der Waals surface area contributed by atoms with E-state index in [4.69, 9.17) is 40.5 Å². The molecule has 3 aromatic heterocycles. The fourth-order valence-corrected chi connectivity index (χ4v) is 5.18. The summed E-state index contributed by atoms with van der Waals surface area (Å²) in [5, 5.41) is 20.6. The molecule has 226 valence electrons. The summed E-state index contributed by atoms with van der Waals surface area (Å²) in [5.74, 6) is -5.13. The molecule has 17 heteroatoms. The Morgan fingerprint density at radius 2 is 1.98 bits per heavy atom. The number of nitrogens with zero attached hydrogens (tertiary/aromatic N) is 7. The number of hydrogen-bond donors (Lipinski definition) is 3. The number of amides is 2. The monoisotopic (exact) mass is 652 g/mol. The van der Waals surface area contributed by atoms with Crippen LogP contribution in [0.2, 0.25) is 5.02 Å². The van der Waals surface area contributed by atoms with E-state index in [1.54, 1.807) is 31.2 Å². The Labute approximate surface area is 258 Å². The lowest BCUT2D eigenvalue weighted by Gasteiger charge is -2.16. The van der Waals surface area contributed by atoms with E-state index >= 15 is 0 Å². The van der Waals surface area contributed by atoms with Gasteiger partial charge in [0.25, 0.3) is 11.8 Å². The van der Waals surface area contributed by atoms with Crippen LogP contribution in [0.25, 0.3) is 5.82 Å². The first-order valence-corrected chi connectivity index (χ1v) is 14.1. The van der Waals surface area contributed by atoms with Gasteiger partial charge in [-0.15, -0.1) is 28.3 Å². The number of rotatable bonds is 10. The first-order chi connectivity index (χ1) is 20.3. The van der Waals surface area contributed by atoms with Gasteiger partial charge in [-0.1, -0.05) is 17.7 Å². The molecule has 0 saturated heterocycles. The van der Waals surface area contributed by atoms with Crippen LogP contribution in [0.15, 0.2) is 36.5 Å². The summed E-state index contributed by atoms with van der Waals surface area (Å²) < 4.78 is 29.2. The predicted molar refractivity (Wildman–Crippen MR) is 155 cm³/mol.